The predicted molar refractivity (Wildman–Crippen MR) is 111 cm³/mol. The molecule has 1 unspecified atom stereocenters. The average Bonchev–Trinajstić information content (AvgIpc) is 2.99. The third kappa shape index (κ3) is 3.47. The summed E-state index contributed by atoms with van der Waals surface area (Å²) in [6.07, 6.45) is 1.15. The maximum atomic E-state index is 12.7. The normalized spacial score (nSPS) is 13.5. The van der Waals surface area contributed by atoms with Gasteiger partial charge in [-0.25, -0.2) is 8.42 Å². The van der Waals surface area contributed by atoms with E-state index >= 15 is 0 Å². The molecule has 0 heterocycles. The third-order valence-corrected chi connectivity index (χ3v) is 6.27. The number of hydrogen-bond donors (Lipinski definition) is 1. The molecule has 1 amide bonds. The van der Waals surface area contributed by atoms with Crippen molar-refractivity contribution in [2.75, 3.05) is 6.26 Å². The van der Waals surface area contributed by atoms with Gasteiger partial charge >= 0.3 is 0 Å². The molecule has 0 saturated heterocycles. The standard InChI is InChI=1S/C23H19NO4S/c1-14(15-7-10-17(11-8-15)29(2,27)28)24-23(26)16-9-12-19-18-5-3-4-6-20(18)22(25)21(19)13-16/h3-14H,1-2H3,(H,24,26). The van der Waals surface area contributed by atoms with Gasteiger partial charge < -0.3 is 5.32 Å². The molecular weight excluding hydrogens is 386 g/mol. The van der Waals surface area contributed by atoms with E-state index in [2.05, 4.69) is 5.32 Å². The lowest BCUT2D eigenvalue weighted by Gasteiger charge is -2.15. The molecule has 3 aromatic rings. The van der Waals surface area contributed by atoms with Crippen LogP contribution in [0.3, 0.4) is 0 Å². The van der Waals surface area contributed by atoms with Crippen molar-refractivity contribution in [2.24, 2.45) is 0 Å². The van der Waals surface area contributed by atoms with E-state index in [1.807, 2.05) is 25.1 Å². The molecule has 0 bridgehead atoms. The van der Waals surface area contributed by atoms with Crippen molar-refractivity contribution in [3.8, 4) is 11.1 Å². The van der Waals surface area contributed by atoms with Gasteiger partial charge in [-0.3, -0.25) is 9.59 Å². The number of ketones is 1. The fourth-order valence-electron chi connectivity index (χ4n) is 3.54. The highest BCUT2D eigenvalue weighted by atomic mass is 32.2. The van der Waals surface area contributed by atoms with Crippen LogP contribution < -0.4 is 5.32 Å². The monoisotopic (exact) mass is 405 g/mol. The van der Waals surface area contributed by atoms with Crippen LogP contribution in [0.25, 0.3) is 11.1 Å². The number of nitrogens with one attached hydrogen (secondary N) is 1. The molecule has 0 fully saturated rings. The lowest BCUT2D eigenvalue weighted by Crippen LogP contribution is -2.26. The second-order valence-electron chi connectivity index (χ2n) is 7.17. The Balaban J connectivity index is 1.55. The van der Waals surface area contributed by atoms with E-state index in [0.29, 0.717) is 16.7 Å². The van der Waals surface area contributed by atoms with Gasteiger partial charge in [0, 0.05) is 22.9 Å². The predicted octanol–water partition coefficient (Wildman–Crippen LogP) is 3.79. The van der Waals surface area contributed by atoms with Crippen molar-refractivity contribution in [2.45, 2.75) is 17.9 Å². The number of hydrogen-bond acceptors (Lipinski definition) is 4. The third-order valence-electron chi connectivity index (χ3n) is 5.14. The molecule has 1 N–H and O–H groups in total. The molecule has 0 spiro atoms. The second-order valence-corrected chi connectivity index (χ2v) is 9.19. The van der Waals surface area contributed by atoms with E-state index in [0.717, 1.165) is 22.9 Å². The quantitative estimate of drug-likeness (QED) is 0.560. The summed E-state index contributed by atoms with van der Waals surface area (Å²) in [5.41, 5.74) is 4.11. The first-order valence-corrected chi connectivity index (χ1v) is 11.0. The van der Waals surface area contributed by atoms with E-state index in [1.54, 1.807) is 36.4 Å². The molecule has 0 aliphatic heterocycles. The van der Waals surface area contributed by atoms with Crippen LogP contribution in [0.1, 0.15) is 44.8 Å². The van der Waals surface area contributed by atoms with Crippen molar-refractivity contribution < 1.29 is 18.0 Å². The van der Waals surface area contributed by atoms with Gasteiger partial charge in [0.25, 0.3) is 5.91 Å². The zero-order valence-electron chi connectivity index (χ0n) is 16.0. The van der Waals surface area contributed by atoms with Gasteiger partial charge in [0.1, 0.15) is 0 Å². The lowest BCUT2D eigenvalue weighted by atomic mass is 10.0. The summed E-state index contributed by atoms with van der Waals surface area (Å²) in [4.78, 5) is 25.6. The molecule has 3 aromatic carbocycles. The highest BCUT2D eigenvalue weighted by molar-refractivity contribution is 7.90. The van der Waals surface area contributed by atoms with Crippen molar-refractivity contribution in [3.05, 3.63) is 89.0 Å². The minimum atomic E-state index is -3.26. The van der Waals surface area contributed by atoms with Crippen LogP contribution in [0.15, 0.2) is 71.6 Å². The van der Waals surface area contributed by atoms with Crippen LogP contribution in [-0.2, 0) is 9.84 Å². The van der Waals surface area contributed by atoms with Crippen molar-refractivity contribution >= 4 is 21.5 Å². The second kappa shape index (κ2) is 6.97. The van der Waals surface area contributed by atoms with Gasteiger partial charge in [0.15, 0.2) is 15.6 Å². The number of fused-ring (bicyclic) bond motifs is 3. The van der Waals surface area contributed by atoms with E-state index in [9.17, 15) is 18.0 Å². The van der Waals surface area contributed by atoms with Crippen LogP contribution in [0.4, 0.5) is 0 Å². The van der Waals surface area contributed by atoms with Crippen LogP contribution in [-0.4, -0.2) is 26.4 Å². The molecule has 1 atom stereocenters. The Morgan fingerprint density at radius 2 is 1.48 bits per heavy atom. The van der Waals surface area contributed by atoms with Crippen LogP contribution in [0.5, 0.6) is 0 Å². The molecule has 5 nitrogen and oxygen atoms in total. The number of sulfone groups is 1. The Labute approximate surface area is 169 Å². The Hall–Kier alpha value is -3.25. The van der Waals surface area contributed by atoms with Gasteiger partial charge in [0.05, 0.1) is 10.9 Å². The number of amides is 1. The lowest BCUT2D eigenvalue weighted by molar-refractivity contribution is 0.0940. The fraction of sp³-hybridized carbons (Fsp3) is 0.130. The summed E-state index contributed by atoms with van der Waals surface area (Å²) < 4.78 is 23.2. The summed E-state index contributed by atoms with van der Waals surface area (Å²) in [7, 11) is -3.26. The van der Waals surface area contributed by atoms with Gasteiger partial charge in [0.2, 0.25) is 0 Å². The Morgan fingerprint density at radius 3 is 2.14 bits per heavy atom. The van der Waals surface area contributed by atoms with Crippen LogP contribution >= 0.6 is 0 Å². The Morgan fingerprint density at radius 1 is 0.862 bits per heavy atom. The zero-order chi connectivity index (χ0) is 20.8. The summed E-state index contributed by atoms with van der Waals surface area (Å²) in [6, 6.07) is 18.7. The number of benzene rings is 3. The van der Waals surface area contributed by atoms with Crippen molar-refractivity contribution in [3.63, 3.8) is 0 Å². The Kier molecular flexibility index (Phi) is 4.59. The van der Waals surface area contributed by atoms with E-state index in [4.69, 9.17) is 0 Å². The molecule has 0 aromatic heterocycles. The van der Waals surface area contributed by atoms with Gasteiger partial charge in [-0.1, -0.05) is 42.5 Å². The number of rotatable bonds is 4. The molecule has 0 saturated carbocycles. The molecule has 29 heavy (non-hydrogen) atoms. The van der Waals surface area contributed by atoms with Gasteiger partial charge in [-0.2, -0.15) is 0 Å². The molecule has 4 rings (SSSR count). The first-order valence-electron chi connectivity index (χ1n) is 9.15. The number of carbonyl (C=O) groups is 2. The molecule has 6 heteroatoms. The first-order chi connectivity index (χ1) is 13.8. The van der Waals surface area contributed by atoms with Gasteiger partial charge in [-0.05, 0) is 47.9 Å². The summed E-state index contributed by atoms with van der Waals surface area (Å²) >= 11 is 0. The Bertz CT molecular complexity index is 1240. The smallest absolute Gasteiger partial charge is 0.251 e. The van der Waals surface area contributed by atoms with Gasteiger partial charge in [-0.15, -0.1) is 0 Å². The highest BCUT2D eigenvalue weighted by Crippen LogP contribution is 2.36. The maximum Gasteiger partial charge on any atom is 0.251 e. The molecule has 1 aliphatic rings. The average molecular weight is 405 g/mol. The number of carbonyl (C=O) groups excluding carboxylic acids is 2. The van der Waals surface area contributed by atoms with Crippen molar-refractivity contribution in [1.29, 1.82) is 0 Å². The molecule has 0 radical (unpaired) electrons. The SMILES string of the molecule is CC(NC(=O)c1ccc2c(c1)C(=O)c1ccccc1-2)c1ccc(S(C)(=O)=O)cc1. The summed E-state index contributed by atoms with van der Waals surface area (Å²) in [6.45, 7) is 1.82. The largest absolute Gasteiger partial charge is 0.346 e. The first kappa shape index (κ1) is 19.1. The van der Waals surface area contributed by atoms with Crippen LogP contribution in [0.2, 0.25) is 0 Å². The van der Waals surface area contributed by atoms with Crippen LogP contribution in [0, 0.1) is 0 Å². The fourth-order valence-corrected chi connectivity index (χ4v) is 4.17. The van der Waals surface area contributed by atoms with E-state index < -0.39 is 9.84 Å². The summed E-state index contributed by atoms with van der Waals surface area (Å²) in [5.74, 6) is -0.370. The minimum absolute atomic E-state index is 0.0744. The molecular formula is C23H19NO4S. The molecule has 146 valence electrons. The summed E-state index contributed by atoms with van der Waals surface area (Å²) in [5, 5.41) is 2.90. The highest BCUT2D eigenvalue weighted by Gasteiger charge is 2.27. The van der Waals surface area contributed by atoms with E-state index in [1.165, 1.54) is 12.1 Å². The maximum absolute atomic E-state index is 12.7. The van der Waals surface area contributed by atoms with E-state index in [-0.39, 0.29) is 22.6 Å². The van der Waals surface area contributed by atoms with Crippen molar-refractivity contribution in [1.82, 2.24) is 5.32 Å². The zero-order valence-corrected chi connectivity index (χ0v) is 16.8. The minimum Gasteiger partial charge on any atom is -0.346 e. The topological polar surface area (TPSA) is 80.3 Å². The molecule has 1 aliphatic carbocycles.